The molecular formula is C4H6BrF3O2. The first kappa shape index (κ1) is 10.2. The van der Waals surface area contributed by atoms with E-state index >= 15 is 0 Å². The highest BCUT2D eigenvalue weighted by Crippen LogP contribution is 2.20. The second-order valence-electron chi connectivity index (χ2n) is 1.45. The van der Waals surface area contributed by atoms with Crippen molar-refractivity contribution in [1.29, 1.82) is 0 Å². The van der Waals surface area contributed by atoms with E-state index in [4.69, 9.17) is 5.11 Å². The van der Waals surface area contributed by atoms with Gasteiger partial charge in [0.25, 0.3) is 6.29 Å². The Morgan fingerprint density at radius 1 is 1.50 bits per heavy atom. The molecule has 0 fully saturated rings. The van der Waals surface area contributed by atoms with Crippen LogP contribution in [0.2, 0.25) is 0 Å². The summed E-state index contributed by atoms with van der Waals surface area (Å²) < 4.78 is 38.1. The molecule has 0 aliphatic carbocycles. The topological polar surface area (TPSA) is 29.5 Å². The largest absolute Gasteiger partial charge is 0.439 e. The van der Waals surface area contributed by atoms with Gasteiger partial charge in [-0.1, -0.05) is 15.9 Å². The fourth-order valence-corrected chi connectivity index (χ4v) is 0.438. The van der Waals surface area contributed by atoms with Crippen LogP contribution in [-0.2, 0) is 4.74 Å². The van der Waals surface area contributed by atoms with E-state index in [1.807, 2.05) is 0 Å². The normalized spacial score (nSPS) is 15.3. The lowest BCUT2D eigenvalue weighted by Crippen LogP contribution is -2.31. The van der Waals surface area contributed by atoms with Gasteiger partial charge in [0.2, 0.25) is 0 Å². The summed E-state index contributed by atoms with van der Waals surface area (Å²) in [5, 5.41) is 8.41. The van der Waals surface area contributed by atoms with Gasteiger partial charge in [0.15, 0.2) is 0 Å². The molecular weight excluding hydrogens is 217 g/mol. The van der Waals surface area contributed by atoms with Gasteiger partial charge in [0.1, 0.15) is 0 Å². The van der Waals surface area contributed by atoms with Crippen molar-refractivity contribution >= 4 is 15.9 Å². The molecule has 6 heteroatoms. The van der Waals surface area contributed by atoms with Crippen molar-refractivity contribution in [2.75, 3.05) is 11.9 Å². The van der Waals surface area contributed by atoms with Crippen molar-refractivity contribution in [3.63, 3.8) is 0 Å². The Balaban J connectivity index is 3.52. The number of hydrogen-bond donors (Lipinski definition) is 1. The molecule has 0 heterocycles. The molecule has 0 saturated heterocycles. The number of hydrogen-bond acceptors (Lipinski definition) is 2. The molecule has 2 nitrogen and oxygen atoms in total. The molecule has 0 aromatic carbocycles. The van der Waals surface area contributed by atoms with Crippen LogP contribution in [0.5, 0.6) is 0 Å². The molecule has 10 heavy (non-hydrogen) atoms. The number of aliphatic hydroxyl groups is 1. The Morgan fingerprint density at radius 3 is 2.30 bits per heavy atom. The van der Waals surface area contributed by atoms with E-state index in [2.05, 4.69) is 20.7 Å². The van der Waals surface area contributed by atoms with E-state index in [-0.39, 0.29) is 11.9 Å². The van der Waals surface area contributed by atoms with Crippen LogP contribution in [0.4, 0.5) is 13.2 Å². The first-order chi connectivity index (χ1) is 4.48. The van der Waals surface area contributed by atoms with Gasteiger partial charge in [0.05, 0.1) is 6.61 Å². The number of ether oxygens (including phenoxy) is 1. The molecule has 62 valence electrons. The van der Waals surface area contributed by atoms with Crippen LogP contribution in [0.15, 0.2) is 0 Å². The Labute approximate surface area is 64.1 Å². The summed E-state index contributed by atoms with van der Waals surface area (Å²) in [5.41, 5.74) is 0. The lowest BCUT2D eigenvalue weighted by molar-refractivity contribution is -0.291. The summed E-state index contributed by atoms with van der Waals surface area (Å²) in [7, 11) is 0. The quantitative estimate of drug-likeness (QED) is 0.576. The first-order valence-electron chi connectivity index (χ1n) is 2.41. The average molecular weight is 223 g/mol. The van der Waals surface area contributed by atoms with Crippen molar-refractivity contribution in [2.45, 2.75) is 12.5 Å². The highest BCUT2D eigenvalue weighted by Gasteiger charge is 2.39. The Morgan fingerprint density at radius 2 is 2.00 bits per heavy atom. The second-order valence-corrected chi connectivity index (χ2v) is 2.25. The zero-order valence-corrected chi connectivity index (χ0v) is 6.44. The summed E-state index contributed by atoms with van der Waals surface area (Å²) >= 11 is 2.84. The highest BCUT2D eigenvalue weighted by molar-refractivity contribution is 9.09. The molecule has 0 spiro atoms. The summed E-state index contributed by atoms with van der Waals surface area (Å²) in [6.45, 7) is -0.166. The van der Waals surface area contributed by atoms with E-state index in [1.165, 1.54) is 0 Å². The maximum Gasteiger partial charge on any atom is 0.439 e. The van der Waals surface area contributed by atoms with E-state index in [0.717, 1.165) is 0 Å². The maximum atomic E-state index is 11.4. The summed E-state index contributed by atoms with van der Waals surface area (Å²) in [6, 6.07) is 0. The predicted molar refractivity (Wildman–Crippen MR) is 31.8 cm³/mol. The maximum absolute atomic E-state index is 11.4. The van der Waals surface area contributed by atoms with Crippen molar-refractivity contribution in [3.05, 3.63) is 0 Å². The van der Waals surface area contributed by atoms with E-state index < -0.39 is 12.5 Å². The van der Waals surface area contributed by atoms with Crippen LogP contribution in [0, 0.1) is 0 Å². The molecule has 1 N–H and O–H groups in total. The van der Waals surface area contributed by atoms with Gasteiger partial charge < -0.3 is 9.84 Å². The van der Waals surface area contributed by atoms with E-state index in [1.54, 1.807) is 0 Å². The molecule has 0 radical (unpaired) electrons. The first-order valence-corrected chi connectivity index (χ1v) is 3.53. The lowest BCUT2D eigenvalue weighted by Gasteiger charge is -2.13. The van der Waals surface area contributed by atoms with Crippen LogP contribution in [-0.4, -0.2) is 29.5 Å². The highest BCUT2D eigenvalue weighted by atomic mass is 79.9. The SMILES string of the molecule is OC(OCCBr)C(F)(F)F. The molecule has 0 bridgehead atoms. The average Bonchev–Trinajstić information content (AvgIpc) is 1.80. The minimum absolute atomic E-state index is 0.166. The molecule has 0 aromatic rings. The van der Waals surface area contributed by atoms with Crippen LogP contribution < -0.4 is 0 Å². The third-order valence-corrected chi connectivity index (χ3v) is 0.957. The summed E-state index contributed by atoms with van der Waals surface area (Å²) in [6.07, 6.45) is -7.34. The van der Waals surface area contributed by atoms with Crippen LogP contribution in [0.1, 0.15) is 0 Å². The van der Waals surface area contributed by atoms with Gasteiger partial charge in [-0.05, 0) is 0 Å². The lowest BCUT2D eigenvalue weighted by atomic mass is 10.6. The molecule has 0 aliphatic heterocycles. The van der Waals surface area contributed by atoms with Crippen LogP contribution in [0.25, 0.3) is 0 Å². The molecule has 1 atom stereocenters. The number of rotatable bonds is 3. The second kappa shape index (κ2) is 4.15. The predicted octanol–water partition coefficient (Wildman–Crippen LogP) is 1.28. The molecule has 0 aromatic heterocycles. The van der Waals surface area contributed by atoms with Gasteiger partial charge in [-0.15, -0.1) is 0 Å². The zero-order valence-electron chi connectivity index (χ0n) is 4.86. The van der Waals surface area contributed by atoms with Crippen molar-refractivity contribution in [1.82, 2.24) is 0 Å². The van der Waals surface area contributed by atoms with Gasteiger partial charge >= 0.3 is 6.18 Å². The molecule has 0 amide bonds. The Hall–Kier alpha value is 0.190. The molecule has 1 unspecified atom stereocenters. The number of halogens is 4. The third kappa shape index (κ3) is 4.08. The monoisotopic (exact) mass is 222 g/mol. The third-order valence-electron chi connectivity index (χ3n) is 0.633. The zero-order chi connectivity index (χ0) is 8.20. The van der Waals surface area contributed by atoms with E-state index in [0.29, 0.717) is 0 Å². The Kier molecular flexibility index (Phi) is 4.23. The smallest absolute Gasteiger partial charge is 0.361 e. The van der Waals surface area contributed by atoms with E-state index in [9.17, 15) is 13.2 Å². The fraction of sp³-hybridized carbons (Fsp3) is 1.00. The van der Waals surface area contributed by atoms with Gasteiger partial charge in [-0.3, -0.25) is 0 Å². The van der Waals surface area contributed by atoms with Gasteiger partial charge in [-0.25, -0.2) is 0 Å². The number of aliphatic hydroxyl groups excluding tert-OH is 1. The standard InChI is InChI=1S/C4H6BrF3O2/c5-1-2-10-3(9)4(6,7)8/h3,9H,1-2H2. The number of alkyl halides is 4. The van der Waals surface area contributed by atoms with Crippen LogP contribution in [0.3, 0.4) is 0 Å². The molecule has 0 rings (SSSR count). The van der Waals surface area contributed by atoms with Gasteiger partial charge in [0, 0.05) is 5.33 Å². The van der Waals surface area contributed by atoms with Crippen molar-refractivity contribution in [2.24, 2.45) is 0 Å². The van der Waals surface area contributed by atoms with Crippen molar-refractivity contribution < 1.29 is 23.0 Å². The van der Waals surface area contributed by atoms with Crippen LogP contribution >= 0.6 is 15.9 Å². The van der Waals surface area contributed by atoms with Crippen molar-refractivity contribution in [3.8, 4) is 0 Å². The summed E-state index contributed by atoms with van der Waals surface area (Å²) in [5.74, 6) is 0. The molecule has 0 saturated carbocycles. The molecule has 0 aliphatic rings. The summed E-state index contributed by atoms with van der Waals surface area (Å²) in [4.78, 5) is 0. The minimum Gasteiger partial charge on any atom is -0.361 e. The minimum atomic E-state index is -4.68. The fourth-order valence-electron chi connectivity index (χ4n) is 0.251. The Bertz CT molecular complexity index is 95.0. The van der Waals surface area contributed by atoms with Gasteiger partial charge in [-0.2, -0.15) is 13.2 Å².